The van der Waals surface area contributed by atoms with Crippen LogP contribution in [0, 0.1) is 0 Å². The van der Waals surface area contributed by atoms with Gasteiger partial charge in [-0.15, -0.1) is 0 Å². The number of methoxy groups -OCH3 is 1. The second-order valence-corrected chi connectivity index (χ2v) is 2.48. The molecule has 1 aromatic rings. The minimum absolute atomic E-state index is 0.173. The van der Waals surface area contributed by atoms with E-state index in [9.17, 15) is 0 Å². The van der Waals surface area contributed by atoms with Crippen LogP contribution in [0.25, 0.3) is 0 Å². The van der Waals surface area contributed by atoms with E-state index in [0.717, 1.165) is 6.54 Å². The maximum absolute atomic E-state index is 5.54. The number of hydrogen-bond acceptors (Lipinski definition) is 3. The van der Waals surface area contributed by atoms with E-state index in [1.165, 1.54) is 0 Å². The Morgan fingerprint density at radius 1 is 1.82 bits per heavy atom. The highest BCUT2D eigenvalue weighted by molar-refractivity contribution is 5.16. The average Bonchev–Trinajstić information content (AvgIpc) is 2.37. The zero-order chi connectivity index (χ0) is 8.27. The minimum Gasteiger partial charge on any atom is -0.380 e. The number of imidazole rings is 1. The first-order chi connectivity index (χ1) is 5.24. The molecular formula is C7H13N3O. The number of nitrogens with zero attached hydrogens (tertiary/aromatic N) is 2. The summed E-state index contributed by atoms with van der Waals surface area (Å²) in [6.45, 7) is 2.74. The van der Waals surface area contributed by atoms with Crippen molar-refractivity contribution in [2.45, 2.75) is 19.6 Å². The van der Waals surface area contributed by atoms with Gasteiger partial charge >= 0.3 is 0 Å². The SMILES string of the molecule is COC(C)Cn1ccnc1N. The predicted octanol–water partition coefficient (Wildman–Crippen LogP) is 0.500. The first-order valence-corrected chi connectivity index (χ1v) is 3.53. The van der Waals surface area contributed by atoms with E-state index in [1.807, 2.05) is 17.7 Å². The quantitative estimate of drug-likeness (QED) is 0.691. The highest BCUT2D eigenvalue weighted by atomic mass is 16.5. The summed E-state index contributed by atoms with van der Waals surface area (Å²) in [7, 11) is 1.68. The van der Waals surface area contributed by atoms with E-state index in [1.54, 1.807) is 13.3 Å². The maximum atomic E-state index is 5.54. The number of aromatic nitrogens is 2. The van der Waals surface area contributed by atoms with E-state index < -0.39 is 0 Å². The van der Waals surface area contributed by atoms with Crippen molar-refractivity contribution in [3.05, 3.63) is 12.4 Å². The smallest absolute Gasteiger partial charge is 0.200 e. The minimum atomic E-state index is 0.173. The van der Waals surface area contributed by atoms with Crippen molar-refractivity contribution in [3.8, 4) is 0 Å². The first kappa shape index (κ1) is 8.07. The summed E-state index contributed by atoms with van der Waals surface area (Å²) >= 11 is 0. The van der Waals surface area contributed by atoms with Gasteiger partial charge in [-0.1, -0.05) is 0 Å². The lowest BCUT2D eigenvalue weighted by atomic mass is 10.4. The molecule has 1 atom stereocenters. The third kappa shape index (κ3) is 1.94. The summed E-state index contributed by atoms with van der Waals surface area (Å²) in [5, 5.41) is 0. The predicted molar refractivity (Wildman–Crippen MR) is 43.1 cm³/mol. The number of nitrogen functional groups attached to an aromatic ring is 1. The van der Waals surface area contributed by atoms with Crippen LogP contribution in [0.4, 0.5) is 5.95 Å². The molecule has 11 heavy (non-hydrogen) atoms. The zero-order valence-corrected chi connectivity index (χ0v) is 6.82. The van der Waals surface area contributed by atoms with E-state index in [-0.39, 0.29) is 6.10 Å². The first-order valence-electron chi connectivity index (χ1n) is 3.53. The molecule has 4 nitrogen and oxygen atoms in total. The topological polar surface area (TPSA) is 53.1 Å². The third-order valence-corrected chi connectivity index (χ3v) is 1.60. The van der Waals surface area contributed by atoms with Crippen LogP contribution in [0.1, 0.15) is 6.92 Å². The molecule has 2 N–H and O–H groups in total. The Balaban J connectivity index is 2.56. The van der Waals surface area contributed by atoms with Gasteiger partial charge in [0.1, 0.15) is 0 Å². The Kier molecular flexibility index (Phi) is 2.48. The summed E-state index contributed by atoms with van der Waals surface area (Å²) in [5.41, 5.74) is 5.54. The van der Waals surface area contributed by atoms with Crippen molar-refractivity contribution in [1.29, 1.82) is 0 Å². The molecule has 0 aromatic carbocycles. The van der Waals surface area contributed by atoms with Crippen LogP contribution < -0.4 is 5.73 Å². The van der Waals surface area contributed by atoms with Gasteiger partial charge in [0.2, 0.25) is 0 Å². The van der Waals surface area contributed by atoms with Crippen molar-refractivity contribution in [2.24, 2.45) is 0 Å². The van der Waals surface area contributed by atoms with Crippen LogP contribution in [0.15, 0.2) is 12.4 Å². The van der Waals surface area contributed by atoms with Crippen molar-refractivity contribution < 1.29 is 4.74 Å². The molecule has 0 fully saturated rings. The van der Waals surface area contributed by atoms with Gasteiger partial charge in [0.15, 0.2) is 5.95 Å². The highest BCUT2D eigenvalue weighted by Crippen LogP contribution is 2.01. The van der Waals surface area contributed by atoms with Gasteiger partial charge in [0, 0.05) is 19.5 Å². The maximum Gasteiger partial charge on any atom is 0.200 e. The molecule has 0 aliphatic heterocycles. The van der Waals surface area contributed by atoms with Gasteiger partial charge < -0.3 is 15.0 Å². The molecule has 1 rings (SSSR count). The number of anilines is 1. The van der Waals surface area contributed by atoms with E-state index >= 15 is 0 Å². The molecule has 1 aromatic heterocycles. The number of nitrogens with two attached hydrogens (primary N) is 1. The van der Waals surface area contributed by atoms with Gasteiger partial charge in [0.05, 0.1) is 12.6 Å². The molecule has 0 amide bonds. The Bertz CT molecular complexity index is 221. The number of ether oxygens (including phenoxy) is 1. The summed E-state index contributed by atoms with van der Waals surface area (Å²) in [4.78, 5) is 3.89. The van der Waals surface area contributed by atoms with Crippen LogP contribution >= 0.6 is 0 Å². The van der Waals surface area contributed by atoms with Crippen LogP contribution in [0.3, 0.4) is 0 Å². The van der Waals surface area contributed by atoms with E-state index in [0.29, 0.717) is 5.95 Å². The number of hydrogen-bond donors (Lipinski definition) is 1. The fourth-order valence-electron chi connectivity index (χ4n) is 0.847. The molecule has 0 aliphatic rings. The molecule has 62 valence electrons. The largest absolute Gasteiger partial charge is 0.380 e. The highest BCUT2D eigenvalue weighted by Gasteiger charge is 2.02. The van der Waals surface area contributed by atoms with E-state index in [4.69, 9.17) is 10.5 Å². The molecule has 0 aliphatic carbocycles. The lowest BCUT2D eigenvalue weighted by Crippen LogP contribution is -2.15. The van der Waals surface area contributed by atoms with Gasteiger partial charge in [0.25, 0.3) is 0 Å². The fraction of sp³-hybridized carbons (Fsp3) is 0.571. The Labute approximate surface area is 66.0 Å². The van der Waals surface area contributed by atoms with Crippen LogP contribution in [0.2, 0.25) is 0 Å². The Morgan fingerprint density at radius 2 is 2.55 bits per heavy atom. The second kappa shape index (κ2) is 3.39. The van der Waals surface area contributed by atoms with Gasteiger partial charge in [-0.2, -0.15) is 0 Å². The van der Waals surface area contributed by atoms with Crippen LogP contribution in [-0.4, -0.2) is 22.8 Å². The molecule has 0 spiro atoms. The molecular weight excluding hydrogens is 142 g/mol. The average molecular weight is 155 g/mol. The lowest BCUT2D eigenvalue weighted by molar-refractivity contribution is 0.104. The van der Waals surface area contributed by atoms with Crippen molar-refractivity contribution in [2.75, 3.05) is 12.8 Å². The molecule has 1 unspecified atom stereocenters. The summed E-state index contributed by atoms with van der Waals surface area (Å²) in [5.74, 6) is 0.536. The van der Waals surface area contributed by atoms with Crippen molar-refractivity contribution >= 4 is 5.95 Å². The third-order valence-electron chi connectivity index (χ3n) is 1.60. The van der Waals surface area contributed by atoms with Crippen LogP contribution in [-0.2, 0) is 11.3 Å². The van der Waals surface area contributed by atoms with E-state index in [2.05, 4.69) is 4.98 Å². The molecule has 4 heteroatoms. The molecule has 0 saturated carbocycles. The summed E-state index contributed by atoms with van der Waals surface area (Å²) in [6, 6.07) is 0. The zero-order valence-electron chi connectivity index (χ0n) is 6.82. The Morgan fingerprint density at radius 3 is 3.00 bits per heavy atom. The monoisotopic (exact) mass is 155 g/mol. The second-order valence-electron chi connectivity index (χ2n) is 2.48. The number of rotatable bonds is 3. The summed E-state index contributed by atoms with van der Waals surface area (Å²) < 4.78 is 6.93. The fourth-order valence-corrected chi connectivity index (χ4v) is 0.847. The van der Waals surface area contributed by atoms with Gasteiger partial charge in [-0.3, -0.25) is 0 Å². The molecule has 0 radical (unpaired) electrons. The van der Waals surface area contributed by atoms with Gasteiger partial charge in [-0.25, -0.2) is 4.98 Å². The molecule has 0 bridgehead atoms. The van der Waals surface area contributed by atoms with Crippen LogP contribution in [0.5, 0.6) is 0 Å². The lowest BCUT2D eigenvalue weighted by Gasteiger charge is -2.10. The molecule has 1 heterocycles. The normalized spacial score (nSPS) is 13.3. The molecule has 0 saturated heterocycles. The standard InChI is InChI=1S/C7H13N3O/c1-6(11-2)5-10-4-3-9-7(10)8/h3-4,6H,5H2,1-2H3,(H2,8,9). The summed E-state index contributed by atoms with van der Waals surface area (Å²) in [6.07, 6.45) is 3.69. The Hall–Kier alpha value is -1.03. The van der Waals surface area contributed by atoms with Gasteiger partial charge in [-0.05, 0) is 6.92 Å². The van der Waals surface area contributed by atoms with Crippen molar-refractivity contribution in [3.63, 3.8) is 0 Å². The van der Waals surface area contributed by atoms with Crippen molar-refractivity contribution in [1.82, 2.24) is 9.55 Å².